The van der Waals surface area contributed by atoms with Crippen molar-refractivity contribution in [3.05, 3.63) is 28.8 Å². The van der Waals surface area contributed by atoms with Gasteiger partial charge in [-0.25, -0.2) is 9.59 Å². The van der Waals surface area contributed by atoms with Gasteiger partial charge in [-0.2, -0.15) is 0 Å². The number of carboxylic acids is 1. The number of aliphatic hydroxyl groups excluding tert-OH is 1. The average Bonchev–Trinajstić information content (AvgIpc) is 2.33. The van der Waals surface area contributed by atoms with Crippen LogP contribution in [0.4, 0.5) is 10.5 Å². The summed E-state index contributed by atoms with van der Waals surface area (Å²) in [7, 11) is 0. The summed E-state index contributed by atoms with van der Waals surface area (Å²) in [4.78, 5) is 21.9. The molecule has 1 aromatic rings. The molecule has 0 spiro atoms. The topological polar surface area (TPSA) is 98.7 Å². The molecule has 19 heavy (non-hydrogen) atoms. The number of anilines is 1. The monoisotopic (exact) mass is 286 g/mol. The van der Waals surface area contributed by atoms with E-state index in [-0.39, 0.29) is 13.0 Å². The quantitative estimate of drug-likeness (QED) is 0.661. The Hall–Kier alpha value is -1.79. The van der Waals surface area contributed by atoms with Crippen LogP contribution in [0.25, 0.3) is 0 Å². The Morgan fingerprint density at radius 2 is 2.11 bits per heavy atom. The van der Waals surface area contributed by atoms with Gasteiger partial charge in [0.25, 0.3) is 0 Å². The molecule has 0 fully saturated rings. The number of aliphatic hydroxyl groups is 1. The summed E-state index contributed by atoms with van der Waals surface area (Å²) in [6.45, 7) is 1.85. The number of aryl methyl sites for hydroxylation is 1. The van der Waals surface area contributed by atoms with Crippen molar-refractivity contribution in [2.45, 2.75) is 19.4 Å². The number of halogens is 1. The number of urea groups is 1. The second kappa shape index (κ2) is 6.96. The Morgan fingerprint density at radius 3 is 2.68 bits per heavy atom. The molecular formula is C12H15ClN2O4. The van der Waals surface area contributed by atoms with Crippen molar-refractivity contribution >= 4 is 29.3 Å². The van der Waals surface area contributed by atoms with E-state index in [1.165, 1.54) is 0 Å². The summed E-state index contributed by atoms with van der Waals surface area (Å²) in [6, 6.07) is 4.71. The van der Waals surface area contributed by atoms with Crippen LogP contribution in [-0.4, -0.2) is 34.9 Å². The molecule has 0 heterocycles. The van der Waals surface area contributed by atoms with Gasteiger partial charge in [0.1, 0.15) is 0 Å². The first-order chi connectivity index (χ1) is 8.91. The highest BCUT2D eigenvalue weighted by Gasteiger charge is 2.13. The first kappa shape index (κ1) is 15.3. The van der Waals surface area contributed by atoms with Crippen molar-refractivity contribution in [1.29, 1.82) is 0 Å². The Kier molecular flexibility index (Phi) is 5.59. The molecule has 0 aliphatic carbocycles. The molecule has 6 nitrogen and oxygen atoms in total. The summed E-state index contributed by atoms with van der Waals surface area (Å²) in [5.74, 6) is -1.32. The number of hydrogen-bond acceptors (Lipinski definition) is 3. The number of amides is 2. The van der Waals surface area contributed by atoms with Crippen LogP contribution in [0, 0.1) is 6.92 Å². The molecule has 1 aromatic carbocycles. The largest absolute Gasteiger partial charge is 0.479 e. The van der Waals surface area contributed by atoms with Gasteiger partial charge in [-0.1, -0.05) is 23.7 Å². The van der Waals surface area contributed by atoms with Crippen LogP contribution in [0.1, 0.15) is 12.0 Å². The Balaban J connectivity index is 2.46. The second-order valence-corrected chi connectivity index (χ2v) is 4.36. The molecule has 0 aliphatic heterocycles. The predicted octanol–water partition coefficient (Wildman–Crippen LogP) is 1.61. The maximum atomic E-state index is 11.6. The lowest BCUT2D eigenvalue weighted by molar-refractivity contribution is -0.146. The highest BCUT2D eigenvalue weighted by atomic mass is 35.5. The molecule has 0 aliphatic rings. The van der Waals surface area contributed by atoms with E-state index in [9.17, 15) is 9.59 Å². The zero-order valence-corrected chi connectivity index (χ0v) is 11.1. The molecule has 7 heteroatoms. The lowest BCUT2D eigenvalue weighted by Gasteiger charge is -2.12. The number of carbonyl (C=O) groups is 2. The third-order valence-corrected chi connectivity index (χ3v) is 2.76. The van der Waals surface area contributed by atoms with Crippen molar-refractivity contribution in [2.24, 2.45) is 0 Å². The van der Waals surface area contributed by atoms with E-state index < -0.39 is 18.1 Å². The predicted molar refractivity (Wildman–Crippen MR) is 71.5 cm³/mol. The number of aliphatic carboxylic acids is 1. The van der Waals surface area contributed by atoms with Gasteiger partial charge in [0.05, 0.1) is 10.7 Å². The van der Waals surface area contributed by atoms with Gasteiger partial charge in [0.15, 0.2) is 6.10 Å². The molecule has 2 amide bonds. The van der Waals surface area contributed by atoms with E-state index in [0.717, 1.165) is 5.56 Å². The van der Waals surface area contributed by atoms with Crippen LogP contribution in [0.15, 0.2) is 18.2 Å². The molecular weight excluding hydrogens is 272 g/mol. The van der Waals surface area contributed by atoms with Gasteiger partial charge in [-0.15, -0.1) is 0 Å². The minimum Gasteiger partial charge on any atom is -0.479 e. The molecule has 0 unspecified atom stereocenters. The average molecular weight is 287 g/mol. The van der Waals surface area contributed by atoms with Crippen molar-refractivity contribution in [2.75, 3.05) is 11.9 Å². The van der Waals surface area contributed by atoms with Crippen molar-refractivity contribution < 1.29 is 19.8 Å². The standard InChI is InChI=1S/C12H15ClN2O4/c1-7-3-2-4-8(13)10(7)15-12(19)14-6-5-9(16)11(17)18/h2-4,9,16H,5-6H2,1H3,(H,17,18)(H2,14,15,19)/t9-/m0/s1. The Morgan fingerprint density at radius 1 is 1.42 bits per heavy atom. The maximum Gasteiger partial charge on any atom is 0.332 e. The number of carboxylic acid groups (broad SMARTS) is 1. The van der Waals surface area contributed by atoms with E-state index in [4.69, 9.17) is 21.8 Å². The fourth-order valence-electron chi connectivity index (χ4n) is 1.39. The minimum absolute atomic E-state index is 0.0444. The lowest BCUT2D eigenvalue weighted by Crippen LogP contribution is -2.33. The molecule has 104 valence electrons. The molecule has 0 saturated carbocycles. The van der Waals surface area contributed by atoms with Crippen LogP contribution >= 0.6 is 11.6 Å². The van der Waals surface area contributed by atoms with Crippen LogP contribution in [0.5, 0.6) is 0 Å². The minimum atomic E-state index is -1.48. The summed E-state index contributed by atoms with van der Waals surface area (Å²) in [5.41, 5.74) is 1.31. The van der Waals surface area contributed by atoms with Crippen LogP contribution in [0.3, 0.4) is 0 Å². The fourth-order valence-corrected chi connectivity index (χ4v) is 1.66. The highest BCUT2D eigenvalue weighted by molar-refractivity contribution is 6.33. The van der Waals surface area contributed by atoms with E-state index in [1.807, 2.05) is 0 Å². The van der Waals surface area contributed by atoms with Gasteiger partial charge in [0.2, 0.25) is 0 Å². The SMILES string of the molecule is Cc1cccc(Cl)c1NC(=O)NCC[C@H](O)C(=O)O. The molecule has 1 rings (SSSR count). The van der Waals surface area contributed by atoms with Gasteiger partial charge in [-0.3, -0.25) is 0 Å². The maximum absolute atomic E-state index is 11.6. The third kappa shape index (κ3) is 4.76. The van der Waals surface area contributed by atoms with Crippen molar-refractivity contribution in [3.63, 3.8) is 0 Å². The zero-order valence-electron chi connectivity index (χ0n) is 10.3. The number of benzene rings is 1. The van der Waals surface area contributed by atoms with Crippen LogP contribution in [0.2, 0.25) is 5.02 Å². The Bertz CT molecular complexity index is 459. The molecule has 0 aromatic heterocycles. The van der Waals surface area contributed by atoms with Crippen molar-refractivity contribution in [3.8, 4) is 0 Å². The number of hydrogen-bond donors (Lipinski definition) is 4. The smallest absolute Gasteiger partial charge is 0.332 e. The first-order valence-electron chi connectivity index (χ1n) is 5.62. The molecule has 0 saturated heterocycles. The van der Waals surface area contributed by atoms with Gasteiger partial charge < -0.3 is 20.8 Å². The summed E-state index contributed by atoms with van der Waals surface area (Å²) in [6.07, 6.45) is -1.55. The normalized spacial score (nSPS) is 11.7. The molecule has 1 atom stereocenters. The molecule has 0 radical (unpaired) electrons. The lowest BCUT2D eigenvalue weighted by atomic mass is 10.2. The summed E-state index contributed by atoms with van der Waals surface area (Å²) < 4.78 is 0. The van der Waals surface area contributed by atoms with Gasteiger partial charge >= 0.3 is 12.0 Å². The number of nitrogens with one attached hydrogen (secondary N) is 2. The molecule has 4 N–H and O–H groups in total. The summed E-state index contributed by atoms with van der Waals surface area (Å²) >= 11 is 5.94. The van der Waals surface area contributed by atoms with E-state index in [0.29, 0.717) is 10.7 Å². The summed E-state index contributed by atoms with van der Waals surface area (Å²) in [5, 5.41) is 22.9. The molecule has 0 bridgehead atoms. The van der Waals surface area contributed by atoms with Crippen LogP contribution in [-0.2, 0) is 4.79 Å². The number of rotatable bonds is 5. The number of carbonyl (C=O) groups excluding carboxylic acids is 1. The third-order valence-electron chi connectivity index (χ3n) is 2.45. The van der Waals surface area contributed by atoms with E-state index >= 15 is 0 Å². The van der Waals surface area contributed by atoms with E-state index in [1.54, 1.807) is 25.1 Å². The fraction of sp³-hybridized carbons (Fsp3) is 0.333. The zero-order chi connectivity index (χ0) is 14.4. The highest BCUT2D eigenvalue weighted by Crippen LogP contribution is 2.24. The second-order valence-electron chi connectivity index (χ2n) is 3.96. The van der Waals surface area contributed by atoms with Crippen molar-refractivity contribution in [1.82, 2.24) is 5.32 Å². The van der Waals surface area contributed by atoms with Crippen LogP contribution < -0.4 is 10.6 Å². The van der Waals surface area contributed by atoms with Gasteiger partial charge in [0, 0.05) is 13.0 Å². The first-order valence-corrected chi connectivity index (χ1v) is 6.00. The Labute approximate surface area is 115 Å². The van der Waals surface area contributed by atoms with E-state index in [2.05, 4.69) is 10.6 Å². The number of para-hydroxylation sites is 1. The van der Waals surface area contributed by atoms with Gasteiger partial charge in [-0.05, 0) is 18.6 Å².